The minimum absolute atomic E-state index is 0.0463. The fourth-order valence-corrected chi connectivity index (χ4v) is 5.09. The van der Waals surface area contributed by atoms with E-state index in [4.69, 9.17) is 0 Å². The molecule has 0 unspecified atom stereocenters. The van der Waals surface area contributed by atoms with Gasteiger partial charge >= 0.3 is 0 Å². The van der Waals surface area contributed by atoms with Crippen molar-refractivity contribution in [1.29, 1.82) is 0 Å². The van der Waals surface area contributed by atoms with Crippen molar-refractivity contribution in [2.75, 3.05) is 13.1 Å². The average molecular weight is 388 g/mol. The summed E-state index contributed by atoms with van der Waals surface area (Å²) >= 11 is 1.43. The smallest absolute Gasteiger partial charge is 0.272 e. The Morgan fingerprint density at radius 1 is 1.26 bits per heavy atom. The van der Waals surface area contributed by atoms with Gasteiger partial charge in [-0.2, -0.15) is 0 Å². The van der Waals surface area contributed by atoms with Crippen LogP contribution in [-0.2, 0) is 18.3 Å². The number of amides is 1. The molecule has 1 amide bonds. The molecule has 0 radical (unpaired) electrons. The van der Waals surface area contributed by atoms with Gasteiger partial charge in [0.2, 0.25) is 11.7 Å². The van der Waals surface area contributed by atoms with Gasteiger partial charge in [-0.05, 0) is 36.1 Å². The first-order chi connectivity index (χ1) is 13.0. The Hall–Kier alpha value is -2.22. The Bertz CT molecular complexity index is 1040. The summed E-state index contributed by atoms with van der Waals surface area (Å²) in [5.74, 6) is 2.73. The molecule has 8 heteroatoms. The van der Waals surface area contributed by atoms with E-state index in [9.17, 15) is 9.59 Å². The van der Waals surface area contributed by atoms with Crippen molar-refractivity contribution in [3.05, 3.63) is 27.6 Å². The molecule has 2 atom stereocenters. The summed E-state index contributed by atoms with van der Waals surface area (Å²) in [6.45, 7) is 6.17. The molecule has 0 saturated carbocycles. The van der Waals surface area contributed by atoms with Crippen LogP contribution in [0, 0.1) is 11.8 Å². The number of carbonyl (C=O) groups excluding carboxylic acids is 1. The standard InChI is InChI=1S/C19H25N5O2S/c1-12-9-13(2)11-23(10-12)16(25)6-4-5-15-20-21-19-22(3)18(26)17-14(24(15)19)7-8-27-17/h7-8,12-13H,4-6,9-11H2,1-3H3/t12-,13-/m1/s1. The Labute approximate surface area is 161 Å². The van der Waals surface area contributed by atoms with Gasteiger partial charge in [-0.25, -0.2) is 0 Å². The van der Waals surface area contributed by atoms with E-state index in [2.05, 4.69) is 24.0 Å². The predicted octanol–water partition coefficient (Wildman–Crippen LogP) is 2.47. The van der Waals surface area contributed by atoms with Crippen molar-refractivity contribution in [3.8, 4) is 0 Å². The third-order valence-corrected chi connectivity index (χ3v) is 6.30. The molecule has 1 aliphatic heterocycles. The third-order valence-electron chi connectivity index (χ3n) is 5.41. The second-order valence-electron chi connectivity index (χ2n) is 7.85. The zero-order chi connectivity index (χ0) is 19.1. The number of hydrogen-bond donors (Lipinski definition) is 0. The number of thiophene rings is 1. The molecule has 0 bridgehead atoms. The summed E-state index contributed by atoms with van der Waals surface area (Å²) in [5.41, 5.74) is 0.804. The van der Waals surface area contributed by atoms with E-state index in [1.807, 2.05) is 20.7 Å². The molecular weight excluding hydrogens is 362 g/mol. The number of aromatic nitrogens is 4. The summed E-state index contributed by atoms with van der Waals surface area (Å²) in [6, 6.07) is 1.93. The monoisotopic (exact) mass is 387 g/mol. The van der Waals surface area contributed by atoms with Crippen molar-refractivity contribution >= 4 is 33.2 Å². The van der Waals surface area contributed by atoms with Crippen molar-refractivity contribution in [2.24, 2.45) is 18.9 Å². The number of likely N-dealkylation sites (tertiary alicyclic amines) is 1. The number of nitrogens with zero attached hydrogens (tertiary/aromatic N) is 5. The van der Waals surface area contributed by atoms with Crippen LogP contribution in [0.4, 0.5) is 0 Å². The van der Waals surface area contributed by atoms with Crippen LogP contribution in [0.5, 0.6) is 0 Å². The summed E-state index contributed by atoms with van der Waals surface area (Å²) in [7, 11) is 1.72. The van der Waals surface area contributed by atoms with Crippen molar-refractivity contribution < 1.29 is 4.79 Å². The summed E-state index contributed by atoms with van der Waals surface area (Å²) in [6.07, 6.45) is 3.11. The topological polar surface area (TPSA) is 72.5 Å². The van der Waals surface area contributed by atoms with Crippen LogP contribution < -0.4 is 5.56 Å². The normalized spacial score (nSPS) is 20.6. The molecule has 1 aliphatic rings. The molecule has 27 heavy (non-hydrogen) atoms. The number of rotatable bonds is 4. The molecule has 4 heterocycles. The molecule has 1 saturated heterocycles. The van der Waals surface area contributed by atoms with Gasteiger partial charge in [0.05, 0.1) is 5.52 Å². The first-order valence-corrected chi connectivity index (χ1v) is 10.4. The lowest BCUT2D eigenvalue weighted by Gasteiger charge is -2.35. The van der Waals surface area contributed by atoms with Gasteiger partial charge in [-0.1, -0.05) is 13.8 Å². The fraction of sp³-hybridized carbons (Fsp3) is 0.579. The predicted molar refractivity (Wildman–Crippen MR) is 106 cm³/mol. The van der Waals surface area contributed by atoms with Crippen molar-refractivity contribution in [1.82, 2.24) is 24.1 Å². The van der Waals surface area contributed by atoms with Gasteiger partial charge in [-0.15, -0.1) is 21.5 Å². The molecule has 0 aliphatic carbocycles. The quantitative estimate of drug-likeness (QED) is 0.689. The molecule has 4 rings (SSSR count). The lowest BCUT2D eigenvalue weighted by molar-refractivity contribution is -0.133. The van der Waals surface area contributed by atoms with Crippen molar-refractivity contribution in [2.45, 2.75) is 39.5 Å². The van der Waals surface area contributed by atoms with Gasteiger partial charge in [0.25, 0.3) is 5.56 Å². The lowest BCUT2D eigenvalue weighted by atomic mass is 9.91. The van der Waals surface area contributed by atoms with E-state index in [0.717, 1.165) is 30.9 Å². The van der Waals surface area contributed by atoms with Gasteiger partial charge in [-0.3, -0.25) is 18.6 Å². The van der Waals surface area contributed by atoms with E-state index in [-0.39, 0.29) is 11.5 Å². The number of piperidine rings is 1. The summed E-state index contributed by atoms with van der Waals surface area (Å²) in [5, 5.41) is 10.4. The lowest BCUT2D eigenvalue weighted by Crippen LogP contribution is -2.42. The van der Waals surface area contributed by atoms with Crippen LogP contribution in [0.15, 0.2) is 16.2 Å². The second kappa shape index (κ2) is 7.07. The molecule has 3 aromatic rings. The minimum Gasteiger partial charge on any atom is -0.342 e. The van der Waals surface area contributed by atoms with Gasteiger partial charge < -0.3 is 4.90 Å². The Balaban J connectivity index is 1.50. The number of carbonyl (C=O) groups is 1. The maximum Gasteiger partial charge on any atom is 0.272 e. The highest BCUT2D eigenvalue weighted by Gasteiger charge is 2.25. The van der Waals surface area contributed by atoms with Gasteiger partial charge in [0.1, 0.15) is 10.5 Å². The summed E-state index contributed by atoms with van der Waals surface area (Å²) in [4.78, 5) is 27.0. The Morgan fingerprint density at radius 2 is 2.00 bits per heavy atom. The molecule has 0 aromatic carbocycles. The van der Waals surface area contributed by atoms with Crippen LogP contribution in [0.2, 0.25) is 0 Å². The molecule has 1 fully saturated rings. The van der Waals surface area contributed by atoms with Gasteiger partial charge in [0, 0.05) is 33.0 Å². The number of fused-ring (bicyclic) bond motifs is 3. The van der Waals surface area contributed by atoms with E-state index in [0.29, 0.717) is 35.2 Å². The van der Waals surface area contributed by atoms with Crippen LogP contribution >= 0.6 is 11.3 Å². The maximum absolute atomic E-state index is 12.6. The Morgan fingerprint density at radius 3 is 2.74 bits per heavy atom. The number of aryl methyl sites for hydroxylation is 2. The SMILES string of the molecule is C[C@@H]1C[C@@H](C)CN(C(=O)CCCc2nnc3n(C)c(=O)c4sccc4n23)C1. The highest BCUT2D eigenvalue weighted by atomic mass is 32.1. The van der Waals surface area contributed by atoms with Crippen LogP contribution in [-0.4, -0.2) is 43.1 Å². The molecule has 7 nitrogen and oxygen atoms in total. The highest BCUT2D eigenvalue weighted by Crippen LogP contribution is 2.22. The average Bonchev–Trinajstić information content (AvgIpc) is 3.25. The van der Waals surface area contributed by atoms with E-state index < -0.39 is 0 Å². The highest BCUT2D eigenvalue weighted by molar-refractivity contribution is 7.17. The molecule has 144 valence electrons. The van der Waals surface area contributed by atoms with Crippen molar-refractivity contribution in [3.63, 3.8) is 0 Å². The number of hydrogen-bond acceptors (Lipinski definition) is 5. The van der Waals surface area contributed by atoms with E-state index in [1.165, 1.54) is 22.3 Å². The summed E-state index contributed by atoms with van der Waals surface area (Å²) < 4.78 is 4.19. The largest absolute Gasteiger partial charge is 0.342 e. The molecule has 3 aromatic heterocycles. The fourth-order valence-electron chi connectivity index (χ4n) is 4.24. The molecular formula is C19H25N5O2S. The van der Waals surface area contributed by atoms with Gasteiger partial charge in [0.15, 0.2) is 0 Å². The maximum atomic E-state index is 12.6. The molecule has 0 spiro atoms. The van der Waals surface area contributed by atoms with E-state index >= 15 is 0 Å². The minimum atomic E-state index is -0.0463. The Kier molecular flexibility index (Phi) is 4.75. The van der Waals surface area contributed by atoms with Crippen LogP contribution in [0.1, 0.15) is 38.9 Å². The first kappa shape index (κ1) is 18.2. The zero-order valence-corrected chi connectivity index (χ0v) is 16.8. The van der Waals surface area contributed by atoms with Crippen LogP contribution in [0.25, 0.3) is 16.0 Å². The van der Waals surface area contributed by atoms with Crippen LogP contribution in [0.3, 0.4) is 0 Å². The third kappa shape index (κ3) is 3.26. The van der Waals surface area contributed by atoms with E-state index in [1.54, 1.807) is 7.05 Å². The first-order valence-electron chi connectivity index (χ1n) is 9.53. The second-order valence-corrected chi connectivity index (χ2v) is 8.77. The zero-order valence-electron chi connectivity index (χ0n) is 16.0. The molecule has 0 N–H and O–H groups in total.